The lowest BCUT2D eigenvalue weighted by Gasteiger charge is -2.38. The maximum atomic E-state index is 13.2. The first-order chi connectivity index (χ1) is 15.5. The summed E-state index contributed by atoms with van der Waals surface area (Å²) in [6, 6.07) is 3.79. The van der Waals surface area contributed by atoms with Gasteiger partial charge >= 0.3 is 0 Å². The lowest BCUT2D eigenvalue weighted by molar-refractivity contribution is -0.268. The van der Waals surface area contributed by atoms with Crippen molar-refractivity contribution in [2.75, 3.05) is 0 Å². The third-order valence-electron chi connectivity index (χ3n) is 5.29. The number of hydrogen-bond acceptors (Lipinski definition) is 12. The molecular formula is C21H20O12. The number of ether oxygens (including phenoxy) is 2. The summed E-state index contributed by atoms with van der Waals surface area (Å²) >= 11 is 0. The summed E-state index contributed by atoms with van der Waals surface area (Å²) < 4.78 is 16.5. The number of benzene rings is 2. The molecular weight excluding hydrogens is 444 g/mol. The Hall–Kier alpha value is -3.71. The van der Waals surface area contributed by atoms with Gasteiger partial charge in [0.2, 0.25) is 17.5 Å². The van der Waals surface area contributed by atoms with Crippen molar-refractivity contribution in [3.05, 3.63) is 34.5 Å². The second-order valence-corrected chi connectivity index (χ2v) is 7.59. The molecule has 0 bridgehead atoms. The topological polar surface area (TPSA) is 211 Å². The van der Waals surface area contributed by atoms with Crippen LogP contribution >= 0.6 is 0 Å². The SMILES string of the molecule is C[C@@H]1OC(Oc2c(-c3cc(O)c(O)c(O)c3)oc3cc(O)cc(O)c3c2=O)[C@H](O)[C@@H](O)[C@H]1O. The number of rotatable bonds is 3. The van der Waals surface area contributed by atoms with Crippen LogP contribution in [0.1, 0.15) is 6.92 Å². The van der Waals surface area contributed by atoms with E-state index in [1.807, 2.05) is 0 Å². The lowest BCUT2D eigenvalue weighted by Crippen LogP contribution is -2.58. The van der Waals surface area contributed by atoms with Crippen molar-refractivity contribution in [1.29, 1.82) is 0 Å². The number of hydrogen-bond donors (Lipinski definition) is 8. The van der Waals surface area contributed by atoms with Crippen LogP contribution < -0.4 is 10.2 Å². The number of phenols is 5. The van der Waals surface area contributed by atoms with E-state index in [2.05, 4.69) is 0 Å². The van der Waals surface area contributed by atoms with Gasteiger partial charge in [-0.3, -0.25) is 4.79 Å². The maximum Gasteiger partial charge on any atom is 0.239 e. The van der Waals surface area contributed by atoms with Gasteiger partial charge in [-0.15, -0.1) is 0 Å². The number of aliphatic hydroxyl groups excluding tert-OH is 3. The first kappa shape index (κ1) is 22.5. The molecule has 2 heterocycles. The van der Waals surface area contributed by atoms with Crippen molar-refractivity contribution < 1.29 is 54.7 Å². The summed E-state index contributed by atoms with van der Waals surface area (Å²) in [6.45, 7) is 1.39. The van der Waals surface area contributed by atoms with Crippen molar-refractivity contribution in [2.24, 2.45) is 0 Å². The first-order valence-corrected chi connectivity index (χ1v) is 9.64. The summed E-state index contributed by atoms with van der Waals surface area (Å²) in [6.07, 6.45) is -7.59. The van der Waals surface area contributed by atoms with Gasteiger partial charge in [0.1, 0.15) is 40.8 Å². The number of fused-ring (bicyclic) bond motifs is 1. The highest BCUT2D eigenvalue weighted by atomic mass is 16.7. The molecule has 12 nitrogen and oxygen atoms in total. The van der Waals surface area contributed by atoms with E-state index in [0.717, 1.165) is 24.3 Å². The standard InChI is InChI=1S/C21H20O12/c1-6-14(26)17(29)18(30)21(31-6)33-20-16(28)13-9(23)4-8(22)5-12(13)32-19(20)7-2-10(24)15(27)11(25)3-7/h2-6,14,17-18,21-27,29-30H,1H3/t6-,14-,17-,18+,21?/m0/s1. The first-order valence-electron chi connectivity index (χ1n) is 9.64. The molecule has 176 valence electrons. The molecule has 0 saturated carbocycles. The van der Waals surface area contributed by atoms with Crippen molar-refractivity contribution in [3.8, 4) is 45.8 Å². The normalized spacial score (nSPS) is 25.3. The van der Waals surface area contributed by atoms with Crippen LogP contribution in [-0.4, -0.2) is 71.6 Å². The van der Waals surface area contributed by atoms with Crippen LogP contribution in [0.15, 0.2) is 33.5 Å². The Bertz CT molecular complexity index is 1260. The highest BCUT2D eigenvalue weighted by molar-refractivity contribution is 5.88. The molecule has 12 heteroatoms. The second kappa shape index (κ2) is 8.01. The van der Waals surface area contributed by atoms with Crippen molar-refractivity contribution in [3.63, 3.8) is 0 Å². The Morgan fingerprint density at radius 2 is 1.48 bits per heavy atom. The van der Waals surface area contributed by atoms with Crippen molar-refractivity contribution >= 4 is 11.0 Å². The van der Waals surface area contributed by atoms with Gasteiger partial charge in [0.15, 0.2) is 23.0 Å². The predicted molar refractivity (Wildman–Crippen MR) is 109 cm³/mol. The lowest BCUT2D eigenvalue weighted by atomic mass is 10.00. The number of aromatic hydroxyl groups is 5. The molecule has 1 fully saturated rings. The zero-order valence-corrected chi connectivity index (χ0v) is 16.9. The summed E-state index contributed by atoms with van der Waals surface area (Å²) in [5.74, 6) is -4.55. The molecule has 1 aliphatic rings. The van der Waals surface area contributed by atoms with E-state index >= 15 is 0 Å². The summed E-state index contributed by atoms with van der Waals surface area (Å²) in [4.78, 5) is 13.2. The van der Waals surface area contributed by atoms with Crippen LogP contribution in [0.2, 0.25) is 0 Å². The highest BCUT2D eigenvalue weighted by Crippen LogP contribution is 2.43. The van der Waals surface area contributed by atoms with Crippen LogP contribution in [0.4, 0.5) is 0 Å². The van der Waals surface area contributed by atoms with Gasteiger partial charge in [-0.2, -0.15) is 0 Å². The van der Waals surface area contributed by atoms with Gasteiger partial charge < -0.3 is 54.7 Å². The molecule has 1 aliphatic heterocycles. The molecule has 1 aromatic heterocycles. The van der Waals surface area contributed by atoms with Gasteiger partial charge in [0.05, 0.1) is 6.10 Å². The fourth-order valence-electron chi connectivity index (χ4n) is 3.53. The number of phenolic OH excluding ortho intramolecular Hbond substituents is 5. The summed E-state index contributed by atoms with van der Waals surface area (Å²) in [5.41, 5.74) is -1.45. The van der Waals surface area contributed by atoms with E-state index in [1.54, 1.807) is 0 Å². The average Bonchev–Trinajstić information content (AvgIpc) is 2.74. The quantitative estimate of drug-likeness (QED) is 0.244. The maximum absolute atomic E-state index is 13.2. The molecule has 1 unspecified atom stereocenters. The van der Waals surface area contributed by atoms with Crippen LogP contribution in [0.5, 0.6) is 34.5 Å². The largest absolute Gasteiger partial charge is 0.508 e. The van der Waals surface area contributed by atoms with E-state index in [4.69, 9.17) is 13.9 Å². The molecule has 0 radical (unpaired) electrons. The van der Waals surface area contributed by atoms with Crippen LogP contribution in [0.3, 0.4) is 0 Å². The monoisotopic (exact) mass is 464 g/mol. The molecule has 1 saturated heterocycles. The van der Waals surface area contributed by atoms with E-state index in [0.29, 0.717) is 0 Å². The van der Waals surface area contributed by atoms with E-state index in [-0.39, 0.29) is 11.1 Å². The smallest absolute Gasteiger partial charge is 0.239 e. The number of aliphatic hydroxyl groups is 3. The van der Waals surface area contributed by atoms with Gasteiger partial charge in [0.25, 0.3) is 0 Å². The Labute approximate surface area is 184 Å². The summed E-state index contributed by atoms with van der Waals surface area (Å²) in [7, 11) is 0. The molecule has 4 rings (SSSR count). The van der Waals surface area contributed by atoms with E-state index in [9.17, 15) is 45.6 Å². The molecule has 0 aliphatic carbocycles. The Morgan fingerprint density at radius 3 is 2.12 bits per heavy atom. The van der Waals surface area contributed by atoms with Gasteiger partial charge in [-0.25, -0.2) is 0 Å². The van der Waals surface area contributed by atoms with Crippen molar-refractivity contribution in [1.82, 2.24) is 0 Å². The predicted octanol–water partition coefficient (Wildman–Crippen LogP) is 0.194. The molecule has 3 aromatic rings. The Kier molecular flexibility index (Phi) is 5.46. The van der Waals surface area contributed by atoms with Crippen LogP contribution in [0.25, 0.3) is 22.3 Å². The van der Waals surface area contributed by atoms with Crippen LogP contribution in [-0.2, 0) is 4.74 Å². The Balaban J connectivity index is 1.95. The minimum Gasteiger partial charge on any atom is -0.508 e. The molecule has 0 amide bonds. The third kappa shape index (κ3) is 3.74. The fourth-order valence-corrected chi connectivity index (χ4v) is 3.53. The third-order valence-corrected chi connectivity index (χ3v) is 5.29. The Morgan fingerprint density at radius 1 is 0.848 bits per heavy atom. The molecule has 33 heavy (non-hydrogen) atoms. The van der Waals surface area contributed by atoms with Gasteiger partial charge in [0, 0.05) is 17.7 Å². The zero-order valence-electron chi connectivity index (χ0n) is 16.9. The van der Waals surface area contributed by atoms with Gasteiger partial charge in [-0.05, 0) is 19.1 Å². The average molecular weight is 464 g/mol. The van der Waals surface area contributed by atoms with E-state index in [1.165, 1.54) is 6.92 Å². The van der Waals surface area contributed by atoms with Crippen LogP contribution in [0, 0.1) is 0 Å². The van der Waals surface area contributed by atoms with Crippen molar-refractivity contribution in [2.45, 2.75) is 37.6 Å². The minimum atomic E-state index is -1.80. The highest BCUT2D eigenvalue weighted by Gasteiger charge is 2.44. The fraction of sp³-hybridized carbons (Fsp3) is 0.286. The molecule has 8 N–H and O–H groups in total. The molecule has 5 atom stereocenters. The van der Waals surface area contributed by atoms with E-state index < -0.39 is 81.8 Å². The molecule has 0 spiro atoms. The second-order valence-electron chi connectivity index (χ2n) is 7.59. The van der Waals surface area contributed by atoms with Gasteiger partial charge in [-0.1, -0.05) is 0 Å². The minimum absolute atomic E-state index is 0.168. The zero-order chi connectivity index (χ0) is 24.2. The summed E-state index contributed by atoms with van der Waals surface area (Å²) in [5, 5.41) is 79.1. The molecule has 2 aromatic carbocycles.